The van der Waals surface area contributed by atoms with Gasteiger partial charge in [-0.25, -0.2) is 0 Å². The van der Waals surface area contributed by atoms with Gasteiger partial charge < -0.3 is 20.9 Å². The largest absolute Gasteiger partial charge is 0.357 e. The van der Waals surface area contributed by atoms with Crippen molar-refractivity contribution in [2.75, 3.05) is 31.1 Å². The summed E-state index contributed by atoms with van der Waals surface area (Å²) in [5.74, 6) is 0.700. The molecule has 1 saturated heterocycles. The molecule has 0 bridgehead atoms. The first-order chi connectivity index (χ1) is 11.6. The molecule has 1 aromatic carbocycles. The van der Waals surface area contributed by atoms with Crippen LogP contribution in [0.25, 0.3) is 0 Å². The molecular weight excluding hydrogens is 306 g/mol. The highest BCUT2D eigenvalue weighted by atomic mass is 16.2. The molecule has 1 heterocycles. The van der Waals surface area contributed by atoms with Gasteiger partial charge in [-0.3, -0.25) is 14.6 Å². The fourth-order valence-corrected chi connectivity index (χ4v) is 2.57. The van der Waals surface area contributed by atoms with Crippen molar-refractivity contribution in [1.29, 1.82) is 0 Å². The van der Waals surface area contributed by atoms with Gasteiger partial charge in [0, 0.05) is 38.7 Å². The Hall–Kier alpha value is -2.57. The summed E-state index contributed by atoms with van der Waals surface area (Å²) in [5, 5.41) is 9.17. The van der Waals surface area contributed by atoms with Crippen molar-refractivity contribution in [3.63, 3.8) is 0 Å². The maximum atomic E-state index is 12.2. The van der Waals surface area contributed by atoms with Crippen molar-refractivity contribution in [3.8, 4) is 0 Å². The van der Waals surface area contributed by atoms with Gasteiger partial charge in [0.2, 0.25) is 11.8 Å². The third-order valence-corrected chi connectivity index (χ3v) is 3.63. The molecule has 1 fully saturated rings. The van der Waals surface area contributed by atoms with Crippen LogP contribution in [0.4, 0.5) is 5.69 Å². The molecule has 0 spiro atoms. The first-order valence-corrected chi connectivity index (χ1v) is 8.25. The first-order valence-electron chi connectivity index (χ1n) is 8.25. The molecule has 3 N–H and O–H groups in total. The molecular formula is C17H25N5O2. The lowest BCUT2D eigenvalue weighted by Gasteiger charge is -2.19. The second kappa shape index (κ2) is 8.90. The standard InChI is InChI=1S/C17H25N5O2/c1-3-18-17(20-10-9-19-13(2)23)21-14-11-16(24)22(12-14)15-7-5-4-6-8-15/h4-8,14H,3,9-12H2,1-2H3,(H,19,23)(H2,18,20,21). The Morgan fingerprint density at radius 1 is 1.29 bits per heavy atom. The number of rotatable bonds is 6. The first kappa shape index (κ1) is 17.8. The number of anilines is 1. The second-order valence-electron chi connectivity index (χ2n) is 5.63. The number of benzene rings is 1. The van der Waals surface area contributed by atoms with E-state index in [0.29, 0.717) is 32.0 Å². The van der Waals surface area contributed by atoms with Crippen LogP contribution in [-0.2, 0) is 9.59 Å². The van der Waals surface area contributed by atoms with Crippen molar-refractivity contribution in [1.82, 2.24) is 16.0 Å². The van der Waals surface area contributed by atoms with Crippen LogP contribution in [0.3, 0.4) is 0 Å². The normalized spacial score (nSPS) is 17.8. The molecule has 24 heavy (non-hydrogen) atoms. The van der Waals surface area contributed by atoms with Gasteiger partial charge in [-0.05, 0) is 19.1 Å². The summed E-state index contributed by atoms with van der Waals surface area (Å²) in [4.78, 5) is 29.3. The molecule has 1 aliphatic heterocycles. The SMILES string of the molecule is CCNC(=NCCNC(C)=O)NC1CC(=O)N(c2ccccc2)C1. The number of nitrogens with zero attached hydrogens (tertiary/aromatic N) is 2. The zero-order chi connectivity index (χ0) is 17.4. The van der Waals surface area contributed by atoms with E-state index < -0.39 is 0 Å². The molecule has 1 atom stereocenters. The second-order valence-corrected chi connectivity index (χ2v) is 5.63. The Bertz CT molecular complexity index is 588. The maximum Gasteiger partial charge on any atom is 0.229 e. The van der Waals surface area contributed by atoms with Crippen LogP contribution in [-0.4, -0.2) is 50.0 Å². The molecule has 0 aliphatic carbocycles. The molecule has 1 aromatic rings. The van der Waals surface area contributed by atoms with Gasteiger partial charge in [-0.15, -0.1) is 0 Å². The third-order valence-electron chi connectivity index (χ3n) is 3.63. The van der Waals surface area contributed by atoms with Gasteiger partial charge in [-0.2, -0.15) is 0 Å². The molecule has 0 saturated carbocycles. The lowest BCUT2D eigenvalue weighted by atomic mass is 10.2. The van der Waals surface area contributed by atoms with E-state index in [9.17, 15) is 9.59 Å². The van der Waals surface area contributed by atoms with Crippen LogP contribution in [0.2, 0.25) is 0 Å². The van der Waals surface area contributed by atoms with Crippen molar-refractivity contribution >= 4 is 23.5 Å². The van der Waals surface area contributed by atoms with Crippen molar-refractivity contribution in [2.24, 2.45) is 4.99 Å². The predicted molar refractivity (Wildman–Crippen MR) is 95.0 cm³/mol. The summed E-state index contributed by atoms with van der Waals surface area (Å²) in [5.41, 5.74) is 0.916. The van der Waals surface area contributed by atoms with Gasteiger partial charge in [0.1, 0.15) is 0 Å². The van der Waals surface area contributed by atoms with E-state index in [4.69, 9.17) is 0 Å². The molecule has 7 nitrogen and oxygen atoms in total. The fourth-order valence-electron chi connectivity index (χ4n) is 2.57. The van der Waals surface area contributed by atoms with Crippen LogP contribution >= 0.6 is 0 Å². The monoisotopic (exact) mass is 331 g/mol. The minimum atomic E-state index is -0.0666. The van der Waals surface area contributed by atoms with Crippen molar-refractivity contribution in [2.45, 2.75) is 26.3 Å². The van der Waals surface area contributed by atoms with E-state index in [-0.39, 0.29) is 17.9 Å². The highest BCUT2D eigenvalue weighted by Gasteiger charge is 2.30. The highest BCUT2D eigenvalue weighted by molar-refractivity contribution is 5.97. The number of aliphatic imine (C=N–C) groups is 1. The lowest BCUT2D eigenvalue weighted by molar-refractivity contribution is -0.119. The quantitative estimate of drug-likeness (QED) is 0.402. The summed E-state index contributed by atoms with van der Waals surface area (Å²) in [6.45, 7) is 5.79. The number of hydrogen-bond donors (Lipinski definition) is 3. The molecule has 2 rings (SSSR count). The summed E-state index contributed by atoms with van der Waals surface area (Å²) in [6.07, 6.45) is 0.436. The maximum absolute atomic E-state index is 12.2. The molecule has 0 aromatic heterocycles. The van der Waals surface area contributed by atoms with E-state index in [0.717, 1.165) is 12.2 Å². The summed E-state index contributed by atoms with van der Waals surface area (Å²) < 4.78 is 0. The Morgan fingerprint density at radius 2 is 2.04 bits per heavy atom. The van der Waals surface area contributed by atoms with Gasteiger partial charge in [0.25, 0.3) is 0 Å². The van der Waals surface area contributed by atoms with Crippen LogP contribution < -0.4 is 20.9 Å². The lowest BCUT2D eigenvalue weighted by Crippen LogP contribution is -2.45. The number of para-hydroxylation sites is 1. The Labute approximate surface area is 142 Å². The van der Waals surface area contributed by atoms with Gasteiger partial charge in [0.05, 0.1) is 12.6 Å². The van der Waals surface area contributed by atoms with Gasteiger partial charge in [-0.1, -0.05) is 18.2 Å². The summed E-state index contributed by atoms with van der Waals surface area (Å²) in [7, 11) is 0. The van der Waals surface area contributed by atoms with Crippen LogP contribution in [0.1, 0.15) is 20.3 Å². The van der Waals surface area contributed by atoms with E-state index in [2.05, 4.69) is 20.9 Å². The smallest absolute Gasteiger partial charge is 0.229 e. The van der Waals surface area contributed by atoms with Crippen molar-refractivity contribution in [3.05, 3.63) is 30.3 Å². The average Bonchev–Trinajstić information content (AvgIpc) is 2.93. The number of amides is 2. The molecule has 1 unspecified atom stereocenters. The molecule has 1 aliphatic rings. The number of carbonyl (C=O) groups excluding carboxylic acids is 2. The summed E-state index contributed by atoms with van der Waals surface area (Å²) in [6, 6.07) is 9.68. The molecule has 130 valence electrons. The fraction of sp³-hybridized carbons (Fsp3) is 0.471. The predicted octanol–water partition coefficient (Wildman–Crippen LogP) is 0.483. The topological polar surface area (TPSA) is 85.8 Å². The molecule has 2 amide bonds. The van der Waals surface area contributed by atoms with Crippen LogP contribution in [0, 0.1) is 0 Å². The van der Waals surface area contributed by atoms with E-state index >= 15 is 0 Å². The van der Waals surface area contributed by atoms with Crippen LogP contribution in [0.5, 0.6) is 0 Å². The number of hydrogen-bond acceptors (Lipinski definition) is 3. The zero-order valence-electron chi connectivity index (χ0n) is 14.2. The number of guanidine groups is 1. The van der Waals surface area contributed by atoms with Crippen LogP contribution in [0.15, 0.2) is 35.3 Å². The average molecular weight is 331 g/mol. The van der Waals surface area contributed by atoms with E-state index in [1.807, 2.05) is 37.3 Å². The Kier molecular flexibility index (Phi) is 6.60. The highest BCUT2D eigenvalue weighted by Crippen LogP contribution is 2.20. The van der Waals surface area contributed by atoms with E-state index in [1.165, 1.54) is 6.92 Å². The minimum absolute atomic E-state index is 0.0104. The van der Waals surface area contributed by atoms with Gasteiger partial charge in [0.15, 0.2) is 5.96 Å². The Morgan fingerprint density at radius 3 is 2.71 bits per heavy atom. The summed E-state index contributed by atoms with van der Waals surface area (Å²) >= 11 is 0. The minimum Gasteiger partial charge on any atom is -0.357 e. The Balaban J connectivity index is 1.91. The molecule has 0 radical (unpaired) electrons. The zero-order valence-corrected chi connectivity index (χ0v) is 14.2. The van der Waals surface area contributed by atoms with Gasteiger partial charge >= 0.3 is 0 Å². The number of carbonyl (C=O) groups is 2. The van der Waals surface area contributed by atoms with Crippen molar-refractivity contribution < 1.29 is 9.59 Å². The molecule has 7 heteroatoms. The van der Waals surface area contributed by atoms with E-state index in [1.54, 1.807) is 4.90 Å². The third kappa shape index (κ3) is 5.26. The number of nitrogens with one attached hydrogen (secondary N) is 3.